The smallest absolute Gasteiger partial charge is 0.265 e. The van der Waals surface area contributed by atoms with Crippen molar-refractivity contribution < 1.29 is 13.9 Å². The highest BCUT2D eigenvalue weighted by Gasteiger charge is 2.16. The number of anilines is 1. The summed E-state index contributed by atoms with van der Waals surface area (Å²) >= 11 is 0. The summed E-state index contributed by atoms with van der Waals surface area (Å²) in [6.07, 6.45) is 0.161. The Morgan fingerprint density at radius 1 is 1.19 bits per heavy atom. The van der Waals surface area contributed by atoms with E-state index in [0.29, 0.717) is 5.69 Å². The maximum absolute atomic E-state index is 13.5. The lowest BCUT2D eigenvalue weighted by molar-refractivity contribution is -0.122. The number of benzene rings is 2. The van der Waals surface area contributed by atoms with Crippen molar-refractivity contribution in [2.24, 2.45) is 0 Å². The average Bonchev–Trinajstić information content (AvgIpc) is 2.50. The summed E-state index contributed by atoms with van der Waals surface area (Å²) < 4.78 is 18.8. The zero-order valence-corrected chi connectivity index (χ0v) is 12.1. The highest BCUT2D eigenvalue weighted by molar-refractivity contribution is 5.94. The molecule has 3 nitrogen and oxygen atoms in total. The Morgan fingerprint density at radius 2 is 1.86 bits per heavy atom. The van der Waals surface area contributed by atoms with Crippen molar-refractivity contribution in [1.82, 2.24) is 0 Å². The van der Waals surface area contributed by atoms with E-state index in [1.807, 2.05) is 24.3 Å². The average molecular weight is 287 g/mol. The van der Waals surface area contributed by atoms with Crippen molar-refractivity contribution in [3.63, 3.8) is 0 Å². The Hall–Kier alpha value is -2.36. The van der Waals surface area contributed by atoms with E-state index in [1.165, 1.54) is 17.7 Å². The lowest BCUT2D eigenvalue weighted by Gasteiger charge is -2.15. The molecule has 0 saturated heterocycles. The van der Waals surface area contributed by atoms with Gasteiger partial charge in [-0.05, 0) is 43.2 Å². The molecule has 110 valence electrons. The Kier molecular flexibility index (Phi) is 4.93. The van der Waals surface area contributed by atoms with E-state index in [0.717, 1.165) is 6.42 Å². The number of para-hydroxylation sites is 1. The fourth-order valence-electron chi connectivity index (χ4n) is 1.85. The highest BCUT2D eigenvalue weighted by atomic mass is 19.1. The van der Waals surface area contributed by atoms with Gasteiger partial charge in [0.05, 0.1) is 0 Å². The Labute approximate surface area is 123 Å². The number of hydrogen-bond acceptors (Lipinski definition) is 2. The van der Waals surface area contributed by atoms with Crippen LogP contribution in [0.2, 0.25) is 0 Å². The summed E-state index contributed by atoms with van der Waals surface area (Å²) in [5, 5.41) is 2.75. The molecule has 0 aliphatic carbocycles. The maximum Gasteiger partial charge on any atom is 0.265 e. The van der Waals surface area contributed by atoms with Crippen LogP contribution in [-0.2, 0) is 11.2 Å². The molecule has 0 unspecified atom stereocenters. The number of halogens is 1. The van der Waals surface area contributed by atoms with Crippen molar-refractivity contribution in [3.05, 3.63) is 59.9 Å². The second-order valence-electron chi connectivity index (χ2n) is 4.73. The molecule has 1 amide bonds. The van der Waals surface area contributed by atoms with Gasteiger partial charge < -0.3 is 10.1 Å². The van der Waals surface area contributed by atoms with Gasteiger partial charge in [0.2, 0.25) is 0 Å². The Balaban J connectivity index is 1.97. The van der Waals surface area contributed by atoms with Crippen molar-refractivity contribution in [1.29, 1.82) is 0 Å². The fraction of sp³-hybridized carbons (Fsp3) is 0.235. The van der Waals surface area contributed by atoms with Gasteiger partial charge >= 0.3 is 0 Å². The number of aryl methyl sites for hydroxylation is 1. The van der Waals surface area contributed by atoms with Gasteiger partial charge in [-0.1, -0.05) is 31.2 Å². The molecule has 0 heterocycles. The third-order valence-corrected chi connectivity index (χ3v) is 3.14. The number of carbonyl (C=O) groups excluding carboxylic acids is 1. The molecule has 2 rings (SSSR count). The van der Waals surface area contributed by atoms with Crippen LogP contribution in [0.5, 0.6) is 5.75 Å². The van der Waals surface area contributed by atoms with E-state index in [9.17, 15) is 9.18 Å². The largest absolute Gasteiger partial charge is 0.478 e. The van der Waals surface area contributed by atoms with Crippen molar-refractivity contribution in [2.75, 3.05) is 5.32 Å². The molecule has 21 heavy (non-hydrogen) atoms. The van der Waals surface area contributed by atoms with Gasteiger partial charge in [-0.25, -0.2) is 4.39 Å². The van der Waals surface area contributed by atoms with Crippen molar-refractivity contribution in [2.45, 2.75) is 26.4 Å². The molecule has 0 fully saturated rings. The van der Waals surface area contributed by atoms with Crippen LogP contribution in [0.4, 0.5) is 10.1 Å². The van der Waals surface area contributed by atoms with Gasteiger partial charge in [-0.15, -0.1) is 0 Å². The summed E-state index contributed by atoms with van der Waals surface area (Å²) in [5.41, 5.74) is 1.89. The van der Waals surface area contributed by atoms with Gasteiger partial charge in [-0.2, -0.15) is 0 Å². The summed E-state index contributed by atoms with van der Waals surface area (Å²) in [7, 11) is 0. The quantitative estimate of drug-likeness (QED) is 0.908. The predicted octanol–water partition coefficient (Wildman–Crippen LogP) is 3.79. The topological polar surface area (TPSA) is 38.3 Å². The molecular weight excluding hydrogens is 269 g/mol. The normalized spacial score (nSPS) is 11.8. The van der Waals surface area contributed by atoms with E-state index in [2.05, 4.69) is 12.2 Å². The Morgan fingerprint density at radius 3 is 2.48 bits per heavy atom. The number of rotatable bonds is 5. The minimum atomic E-state index is -0.784. The molecule has 0 aliphatic heterocycles. The maximum atomic E-state index is 13.5. The van der Waals surface area contributed by atoms with E-state index in [-0.39, 0.29) is 11.7 Å². The summed E-state index contributed by atoms with van der Waals surface area (Å²) in [6, 6.07) is 13.6. The van der Waals surface area contributed by atoms with E-state index >= 15 is 0 Å². The molecule has 0 saturated carbocycles. The molecule has 0 spiro atoms. The van der Waals surface area contributed by atoms with Gasteiger partial charge in [0.1, 0.15) is 0 Å². The molecule has 0 radical (unpaired) electrons. The van der Waals surface area contributed by atoms with E-state index in [4.69, 9.17) is 4.74 Å². The minimum absolute atomic E-state index is 0.0708. The predicted molar refractivity (Wildman–Crippen MR) is 80.9 cm³/mol. The second-order valence-corrected chi connectivity index (χ2v) is 4.73. The van der Waals surface area contributed by atoms with Crippen LogP contribution in [0.15, 0.2) is 48.5 Å². The number of carbonyl (C=O) groups is 1. The molecule has 2 aromatic carbocycles. The third-order valence-electron chi connectivity index (χ3n) is 3.14. The second kappa shape index (κ2) is 6.88. The summed E-state index contributed by atoms with van der Waals surface area (Å²) in [4.78, 5) is 12.0. The molecule has 0 bridgehead atoms. The molecule has 1 N–H and O–H groups in total. The lowest BCUT2D eigenvalue weighted by atomic mass is 10.1. The molecule has 1 atom stereocenters. The monoisotopic (exact) mass is 287 g/mol. The molecule has 0 aliphatic rings. The molecule has 0 aromatic heterocycles. The first-order valence-electron chi connectivity index (χ1n) is 6.91. The van der Waals surface area contributed by atoms with E-state index < -0.39 is 11.9 Å². The lowest BCUT2D eigenvalue weighted by Crippen LogP contribution is -2.30. The number of nitrogens with one attached hydrogen (secondary N) is 1. The summed E-state index contributed by atoms with van der Waals surface area (Å²) in [5.74, 6) is -0.728. The first-order chi connectivity index (χ1) is 10.1. The van der Waals surface area contributed by atoms with Gasteiger partial charge in [0, 0.05) is 5.69 Å². The molecular formula is C17H18FNO2. The summed E-state index contributed by atoms with van der Waals surface area (Å²) in [6.45, 7) is 3.65. The number of ether oxygens (including phenoxy) is 1. The fourth-order valence-corrected chi connectivity index (χ4v) is 1.85. The van der Waals surface area contributed by atoms with Crippen LogP contribution in [0.1, 0.15) is 19.4 Å². The Bertz CT molecular complexity index is 610. The van der Waals surface area contributed by atoms with E-state index in [1.54, 1.807) is 19.1 Å². The van der Waals surface area contributed by atoms with Crippen LogP contribution in [0.25, 0.3) is 0 Å². The van der Waals surface area contributed by atoms with Crippen LogP contribution in [0.3, 0.4) is 0 Å². The first-order valence-corrected chi connectivity index (χ1v) is 6.91. The minimum Gasteiger partial charge on any atom is -0.478 e. The van der Waals surface area contributed by atoms with Crippen molar-refractivity contribution in [3.8, 4) is 5.75 Å². The van der Waals surface area contributed by atoms with Crippen LogP contribution in [0, 0.1) is 5.82 Å². The SMILES string of the molecule is CCc1ccc(NC(=O)[C@H](C)Oc2ccccc2F)cc1. The van der Waals surface area contributed by atoms with Crippen LogP contribution >= 0.6 is 0 Å². The van der Waals surface area contributed by atoms with Gasteiger partial charge in [0.25, 0.3) is 5.91 Å². The number of amides is 1. The van der Waals surface area contributed by atoms with Crippen LogP contribution in [-0.4, -0.2) is 12.0 Å². The third kappa shape index (κ3) is 4.05. The number of hydrogen-bond donors (Lipinski definition) is 1. The van der Waals surface area contributed by atoms with Crippen molar-refractivity contribution >= 4 is 11.6 Å². The highest BCUT2D eigenvalue weighted by Crippen LogP contribution is 2.18. The zero-order chi connectivity index (χ0) is 15.2. The van der Waals surface area contributed by atoms with Gasteiger partial charge in [-0.3, -0.25) is 4.79 Å². The van der Waals surface area contributed by atoms with Crippen LogP contribution < -0.4 is 10.1 Å². The van der Waals surface area contributed by atoms with Gasteiger partial charge in [0.15, 0.2) is 17.7 Å². The standard InChI is InChI=1S/C17H18FNO2/c1-3-13-8-10-14(11-9-13)19-17(20)12(2)21-16-7-5-4-6-15(16)18/h4-12H,3H2,1-2H3,(H,19,20)/t12-/m0/s1. The molecule has 2 aromatic rings. The zero-order valence-electron chi connectivity index (χ0n) is 12.1. The molecule has 4 heteroatoms. The first kappa shape index (κ1) is 15.0.